The van der Waals surface area contributed by atoms with Crippen molar-refractivity contribution in [2.45, 2.75) is 11.8 Å². The second-order valence-electron chi connectivity index (χ2n) is 3.60. The number of hydrogen-bond acceptors (Lipinski definition) is 6. The first kappa shape index (κ1) is 16.0. The number of sulfonamides is 2. The van der Waals surface area contributed by atoms with Gasteiger partial charge in [-0.25, -0.2) is 31.5 Å². The molecule has 0 amide bonds. The van der Waals surface area contributed by atoms with Crippen LogP contribution in [0.15, 0.2) is 11.0 Å². The Morgan fingerprint density at radius 2 is 2.00 bits per heavy atom. The molecule has 0 fully saturated rings. The molecule has 1 aromatic rings. The first-order valence-corrected chi connectivity index (χ1v) is 8.88. The van der Waals surface area contributed by atoms with Gasteiger partial charge in [0.15, 0.2) is 0 Å². The maximum atomic E-state index is 11.8. The van der Waals surface area contributed by atoms with E-state index in [0.717, 1.165) is 17.4 Å². The van der Waals surface area contributed by atoms with Gasteiger partial charge in [-0.3, -0.25) is 0 Å². The largest absolute Gasteiger partial charge is 0.477 e. The van der Waals surface area contributed by atoms with Crippen molar-refractivity contribution < 1.29 is 26.7 Å². The number of rotatable bonds is 6. The Morgan fingerprint density at radius 1 is 1.42 bits per heavy atom. The van der Waals surface area contributed by atoms with E-state index in [1.807, 2.05) is 0 Å². The lowest BCUT2D eigenvalue weighted by molar-refractivity contribution is 0.0702. The quantitative estimate of drug-likeness (QED) is 0.631. The van der Waals surface area contributed by atoms with Crippen LogP contribution >= 0.6 is 11.3 Å². The number of nitrogens with two attached hydrogens (primary N) is 1. The van der Waals surface area contributed by atoms with Gasteiger partial charge in [0.05, 0.1) is 10.6 Å². The van der Waals surface area contributed by atoms with Crippen LogP contribution in [0.2, 0.25) is 0 Å². The molecule has 0 saturated heterocycles. The Labute approximate surface area is 114 Å². The molecule has 0 spiro atoms. The van der Waals surface area contributed by atoms with Crippen molar-refractivity contribution in [1.82, 2.24) is 4.72 Å². The van der Waals surface area contributed by atoms with E-state index < -0.39 is 31.8 Å². The lowest BCUT2D eigenvalue weighted by Gasteiger charge is -2.04. The number of nitrogens with one attached hydrogen (secondary N) is 1. The molecule has 1 aromatic heterocycles. The zero-order valence-electron chi connectivity index (χ0n) is 9.78. The van der Waals surface area contributed by atoms with E-state index in [9.17, 15) is 21.6 Å². The van der Waals surface area contributed by atoms with E-state index >= 15 is 0 Å². The van der Waals surface area contributed by atoms with Gasteiger partial charge in [0.2, 0.25) is 20.0 Å². The normalized spacial score (nSPS) is 12.5. The van der Waals surface area contributed by atoms with Gasteiger partial charge in [-0.2, -0.15) is 0 Å². The molecular formula is C8H12N2O6S3. The van der Waals surface area contributed by atoms with E-state index in [-0.39, 0.29) is 16.3 Å². The minimum absolute atomic E-state index is 0.107. The summed E-state index contributed by atoms with van der Waals surface area (Å²) in [6.07, 6.45) is 0. The van der Waals surface area contributed by atoms with E-state index in [1.165, 1.54) is 6.92 Å². The van der Waals surface area contributed by atoms with E-state index in [0.29, 0.717) is 4.88 Å². The van der Waals surface area contributed by atoms with Crippen LogP contribution in [0.1, 0.15) is 14.5 Å². The lowest BCUT2D eigenvalue weighted by atomic mass is 10.4. The van der Waals surface area contributed by atoms with Crippen molar-refractivity contribution in [1.29, 1.82) is 0 Å². The molecule has 108 valence electrons. The monoisotopic (exact) mass is 328 g/mol. The van der Waals surface area contributed by atoms with Crippen LogP contribution < -0.4 is 9.86 Å². The molecule has 11 heteroatoms. The first-order chi connectivity index (χ1) is 8.53. The van der Waals surface area contributed by atoms with Gasteiger partial charge in [-0.05, 0) is 13.0 Å². The van der Waals surface area contributed by atoms with Gasteiger partial charge < -0.3 is 5.11 Å². The highest BCUT2D eigenvalue weighted by Crippen LogP contribution is 2.25. The predicted octanol–water partition coefficient (Wildman–Crippen LogP) is -0.678. The van der Waals surface area contributed by atoms with Gasteiger partial charge in [-0.15, -0.1) is 11.3 Å². The average molecular weight is 328 g/mol. The van der Waals surface area contributed by atoms with Crippen molar-refractivity contribution >= 4 is 37.4 Å². The van der Waals surface area contributed by atoms with Gasteiger partial charge in [0.1, 0.15) is 4.88 Å². The van der Waals surface area contributed by atoms with Gasteiger partial charge in [0, 0.05) is 11.4 Å². The van der Waals surface area contributed by atoms with Crippen molar-refractivity contribution in [2.24, 2.45) is 5.14 Å². The second kappa shape index (κ2) is 5.54. The van der Waals surface area contributed by atoms with Crippen molar-refractivity contribution in [2.75, 3.05) is 12.3 Å². The van der Waals surface area contributed by atoms with Gasteiger partial charge >= 0.3 is 5.97 Å². The molecule has 0 bridgehead atoms. The molecule has 0 radical (unpaired) electrons. The van der Waals surface area contributed by atoms with Crippen LogP contribution in [0.3, 0.4) is 0 Å². The lowest BCUT2D eigenvalue weighted by Crippen LogP contribution is -2.31. The van der Waals surface area contributed by atoms with Crippen molar-refractivity contribution in [3.63, 3.8) is 0 Å². The highest BCUT2D eigenvalue weighted by atomic mass is 32.2. The van der Waals surface area contributed by atoms with Crippen LogP contribution in [0, 0.1) is 6.92 Å². The predicted molar refractivity (Wildman–Crippen MR) is 69.2 cm³/mol. The molecule has 0 atom stereocenters. The van der Waals surface area contributed by atoms with Crippen LogP contribution in [0.25, 0.3) is 0 Å². The first-order valence-electron chi connectivity index (χ1n) is 4.87. The summed E-state index contributed by atoms with van der Waals surface area (Å²) in [4.78, 5) is 10.8. The van der Waals surface area contributed by atoms with Crippen molar-refractivity contribution in [3.05, 3.63) is 15.8 Å². The summed E-state index contributed by atoms with van der Waals surface area (Å²) in [5, 5.41) is 13.5. The minimum Gasteiger partial charge on any atom is -0.477 e. The minimum atomic E-state index is -3.95. The SMILES string of the molecule is Cc1sc(C(=O)O)cc1S(=O)(=O)NCCS(N)(=O)=O. The second-order valence-corrected chi connectivity index (χ2v) is 8.33. The molecule has 4 N–H and O–H groups in total. The molecule has 19 heavy (non-hydrogen) atoms. The molecule has 8 nitrogen and oxygen atoms in total. The Morgan fingerprint density at radius 3 is 2.42 bits per heavy atom. The number of carboxylic acids is 1. The number of thiophene rings is 1. The fourth-order valence-corrected chi connectivity index (χ4v) is 4.21. The Balaban J connectivity index is 2.92. The summed E-state index contributed by atoms with van der Waals surface area (Å²) >= 11 is 0.827. The third-order valence-electron chi connectivity index (χ3n) is 2.05. The van der Waals surface area contributed by atoms with Crippen LogP contribution in [0.5, 0.6) is 0 Å². The number of aromatic carboxylic acids is 1. The molecule has 0 aliphatic rings. The highest BCUT2D eigenvalue weighted by molar-refractivity contribution is 7.90. The standard InChI is InChI=1S/C8H12N2O6S3/c1-5-7(4-6(17-5)8(11)12)19(15,16)10-2-3-18(9,13)14/h4,10H,2-3H2,1H3,(H,11,12)(H2,9,13,14). The highest BCUT2D eigenvalue weighted by Gasteiger charge is 2.22. The Kier molecular flexibility index (Phi) is 4.68. The molecule has 1 heterocycles. The van der Waals surface area contributed by atoms with Crippen LogP contribution in [-0.2, 0) is 20.0 Å². The van der Waals surface area contributed by atoms with E-state index in [4.69, 9.17) is 10.2 Å². The molecular weight excluding hydrogens is 316 g/mol. The smallest absolute Gasteiger partial charge is 0.345 e. The molecule has 0 saturated carbocycles. The van der Waals surface area contributed by atoms with Crippen molar-refractivity contribution in [3.8, 4) is 0 Å². The number of aryl methyl sites for hydroxylation is 1. The summed E-state index contributed by atoms with van der Waals surface area (Å²) < 4.78 is 47.1. The Bertz CT molecular complexity index is 688. The molecule has 0 aliphatic heterocycles. The summed E-state index contributed by atoms with van der Waals surface area (Å²) in [7, 11) is -7.71. The van der Waals surface area contributed by atoms with E-state index in [2.05, 4.69) is 4.72 Å². The summed E-state index contributed by atoms with van der Waals surface area (Å²) in [5.41, 5.74) is 0. The molecule has 0 aliphatic carbocycles. The topological polar surface area (TPSA) is 144 Å². The maximum absolute atomic E-state index is 11.8. The number of carboxylic acid groups (broad SMARTS) is 1. The van der Waals surface area contributed by atoms with Crippen LogP contribution in [0.4, 0.5) is 0 Å². The third kappa shape index (κ3) is 4.54. The van der Waals surface area contributed by atoms with Gasteiger partial charge in [0.25, 0.3) is 0 Å². The third-order valence-corrected chi connectivity index (χ3v) is 5.58. The molecule has 0 aromatic carbocycles. The zero-order valence-corrected chi connectivity index (χ0v) is 12.2. The number of hydrogen-bond donors (Lipinski definition) is 3. The van der Waals surface area contributed by atoms with E-state index in [1.54, 1.807) is 0 Å². The fraction of sp³-hybridized carbons (Fsp3) is 0.375. The summed E-state index contributed by atoms with van der Waals surface area (Å²) in [5.74, 6) is -1.76. The zero-order chi connectivity index (χ0) is 14.8. The molecule has 0 unspecified atom stereocenters. The average Bonchev–Trinajstić information content (AvgIpc) is 2.58. The summed E-state index contributed by atoms with van der Waals surface area (Å²) in [6.45, 7) is 1.09. The molecule has 1 rings (SSSR count). The fourth-order valence-electron chi connectivity index (χ4n) is 1.23. The number of primary sulfonamides is 1. The van der Waals surface area contributed by atoms with Crippen LogP contribution in [-0.4, -0.2) is 40.2 Å². The number of carbonyl (C=O) groups is 1. The maximum Gasteiger partial charge on any atom is 0.345 e. The van der Waals surface area contributed by atoms with Gasteiger partial charge in [-0.1, -0.05) is 0 Å². The Hall–Kier alpha value is -1.01. The summed E-state index contributed by atoms with van der Waals surface area (Å²) in [6, 6.07) is 1.03.